The molecule has 1 unspecified atom stereocenters. The number of anilines is 1. The summed E-state index contributed by atoms with van der Waals surface area (Å²) in [6.45, 7) is 11.2. The Bertz CT molecular complexity index is 1690. The molecule has 0 aromatic carbocycles. The summed E-state index contributed by atoms with van der Waals surface area (Å²) in [6.07, 6.45) is 2.45. The highest BCUT2D eigenvalue weighted by atomic mass is 35.5. The van der Waals surface area contributed by atoms with Crippen LogP contribution in [0.2, 0.25) is 5.15 Å². The highest BCUT2D eigenvalue weighted by Gasteiger charge is 2.62. The zero-order valence-corrected chi connectivity index (χ0v) is 31.1. The van der Waals surface area contributed by atoms with Gasteiger partial charge in [-0.2, -0.15) is 18.3 Å². The van der Waals surface area contributed by atoms with E-state index in [1.165, 1.54) is 23.1 Å². The van der Waals surface area contributed by atoms with Crippen LogP contribution in [0.5, 0.6) is 5.75 Å². The maximum atomic E-state index is 13.2. The first-order valence-electron chi connectivity index (χ1n) is 17.0. The summed E-state index contributed by atoms with van der Waals surface area (Å²) >= 11 is 7.39. The number of carbonyl (C=O) groups excluding carboxylic acids is 2. The molecule has 2 fully saturated rings. The number of halogens is 4. The smallest absolute Gasteiger partial charge is 0.410 e. The van der Waals surface area contributed by atoms with Crippen LogP contribution in [0.1, 0.15) is 89.9 Å². The van der Waals surface area contributed by atoms with E-state index in [9.17, 15) is 22.8 Å². The van der Waals surface area contributed by atoms with Gasteiger partial charge in [0.1, 0.15) is 21.6 Å². The van der Waals surface area contributed by atoms with E-state index < -0.39 is 23.1 Å². The Morgan fingerprint density at radius 3 is 2.55 bits per heavy atom. The van der Waals surface area contributed by atoms with Crippen molar-refractivity contribution < 1.29 is 32.2 Å². The molecule has 1 saturated heterocycles. The average Bonchev–Trinajstić information content (AvgIpc) is 3.59. The maximum Gasteiger partial charge on any atom is 0.410 e. The fourth-order valence-corrected chi connectivity index (χ4v) is 6.97. The molecule has 1 saturated carbocycles. The van der Waals surface area contributed by atoms with E-state index in [-0.39, 0.29) is 48.2 Å². The van der Waals surface area contributed by atoms with Gasteiger partial charge in [-0.3, -0.25) is 9.52 Å². The summed E-state index contributed by atoms with van der Waals surface area (Å²) in [5, 5.41) is 8.02. The van der Waals surface area contributed by atoms with E-state index in [4.69, 9.17) is 21.1 Å². The van der Waals surface area contributed by atoms with Gasteiger partial charge in [0, 0.05) is 30.6 Å². The molecule has 0 radical (unpaired) electrons. The van der Waals surface area contributed by atoms with Crippen LogP contribution in [0.25, 0.3) is 5.82 Å². The van der Waals surface area contributed by atoms with Gasteiger partial charge in [0.15, 0.2) is 11.6 Å². The lowest BCUT2D eigenvalue weighted by molar-refractivity contribution is -0.190. The number of rotatable bonds is 14. The molecular weight excluding hydrogens is 707 g/mol. The van der Waals surface area contributed by atoms with Gasteiger partial charge in [-0.1, -0.05) is 24.1 Å². The number of unbranched alkanes of at least 4 members (excludes halogenated alkanes) is 1. The summed E-state index contributed by atoms with van der Waals surface area (Å²) in [4.78, 5) is 36.3. The molecule has 0 spiro atoms. The lowest BCUT2D eigenvalue weighted by Gasteiger charge is -2.33. The van der Waals surface area contributed by atoms with Crippen LogP contribution in [0.4, 0.5) is 23.8 Å². The van der Waals surface area contributed by atoms with Crippen molar-refractivity contribution in [2.75, 3.05) is 25.0 Å². The maximum absolute atomic E-state index is 13.2. The number of nitrogens with one attached hydrogen (secondary N) is 2. The molecule has 5 rings (SSSR count). The summed E-state index contributed by atoms with van der Waals surface area (Å²) in [7, 11) is 0. The number of aromatic nitrogens is 4. The molecule has 51 heavy (non-hydrogen) atoms. The van der Waals surface area contributed by atoms with Gasteiger partial charge < -0.3 is 19.7 Å². The van der Waals surface area contributed by atoms with Crippen molar-refractivity contribution in [3.8, 4) is 11.6 Å². The zero-order valence-electron chi connectivity index (χ0n) is 29.5. The van der Waals surface area contributed by atoms with Crippen LogP contribution in [-0.4, -0.2) is 73.7 Å². The second-order valence-electron chi connectivity index (χ2n) is 14.8. The quantitative estimate of drug-likeness (QED) is 0.0949. The molecule has 2 aliphatic rings. The normalized spacial score (nSPS) is 18.0. The van der Waals surface area contributed by atoms with Crippen molar-refractivity contribution in [1.82, 2.24) is 29.4 Å². The first-order valence-corrected chi connectivity index (χ1v) is 18.2. The molecule has 3 aromatic rings. The molecule has 278 valence electrons. The fourth-order valence-electron chi connectivity index (χ4n) is 6.13. The second kappa shape index (κ2) is 15.5. The van der Waals surface area contributed by atoms with Crippen LogP contribution in [-0.2, 0) is 4.74 Å². The zero-order chi connectivity index (χ0) is 37.0. The predicted molar refractivity (Wildman–Crippen MR) is 189 cm³/mol. The first-order chi connectivity index (χ1) is 23.9. The Labute approximate surface area is 305 Å². The fraction of sp³-hybridized carbons (Fsp3) is 0.571. The molecule has 16 heteroatoms. The number of hydrogen-bond donors (Lipinski definition) is 2. The third-order valence-corrected chi connectivity index (χ3v) is 10.1. The van der Waals surface area contributed by atoms with Gasteiger partial charge in [0.25, 0.3) is 5.91 Å². The summed E-state index contributed by atoms with van der Waals surface area (Å²) in [5.74, 6) is 1.26. The van der Waals surface area contributed by atoms with Crippen LogP contribution in [0.3, 0.4) is 0 Å². The summed E-state index contributed by atoms with van der Waals surface area (Å²) in [6, 6.07) is 8.56. The molecule has 1 atom stereocenters. The molecule has 4 heterocycles. The van der Waals surface area contributed by atoms with Crippen molar-refractivity contribution in [3.63, 3.8) is 0 Å². The van der Waals surface area contributed by atoms with Crippen molar-refractivity contribution in [1.29, 1.82) is 0 Å². The van der Waals surface area contributed by atoms with E-state index in [1.54, 1.807) is 12.1 Å². The van der Waals surface area contributed by atoms with Crippen LogP contribution in [0, 0.1) is 11.3 Å². The van der Waals surface area contributed by atoms with E-state index >= 15 is 0 Å². The van der Waals surface area contributed by atoms with E-state index in [2.05, 4.69) is 39.0 Å². The first kappa shape index (κ1) is 38.5. The van der Waals surface area contributed by atoms with Gasteiger partial charge in [-0.25, -0.2) is 19.4 Å². The number of alkyl halides is 3. The lowest BCUT2D eigenvalue weighted by Crippen LogP contribution is -2.45. The number of nitrogens with zero attached hydrogens (tertiary/aromatic N) is 5. The highest BCUT2D eigenvalue weighted by molar-refractivity contribution is 7.97. The Morgan fingerprint density at radius 2 is 1.86 bits per heavy atom. The summed E-state index contributed by atoms with van der Waals surface area (Å²) < 4.78 is 54.7. The van der Waals surface area contributed by atoms with E-state index in [1.807, 2.05) is 37.8 Å². The van der Waals surface area contributed by atoms with Crippen molar-refractivity contribution in [2.24, 2.45) is 11.3 Å². The average molecular weight is 752 g/mol. The van der Waals surface area contributed by atoms with Gasteiger partial charge in [-0.15, -0.1) is 0 Å². The predicted octanol–water partition coefficient (Wildman–Crippen LogP) is 8.48. The molecule has 0 bridgehead atoms. The van der Waals surface area contributed by atoms with Gasteiger partial charge >= 0.3 is 12.3 Å². The number of pyridine rings is 2. The number of ether oxygens (including phenoxy) is 2. The third-order valence-electron chi connectivity index (χ3n) is 9.07. The molecule has 2 N–H and O–H groups in total. The van der Waals surface area contributed by atoms with Crippen LogP contribution < -0.4 is 14.8 Å². The standard InChI is InChI=1S/C35H45ClF3N7O4S/c1-32(2,3)50-31(48)45-21-23(19-33(45,4)5)9-6-7-17-40-26-10-8-11-28(42-26)51-44-30(47)25-12-13-27(43-29(25)36)46-22-24(20-41-46)49-18-16-34(14-15-34)35(37,38)39/h8,10-13,20,22-23H,6-7,9,14-19,21H2,1-5H3,(H,40,42)(H,44,47). The SMILES string of the molecule is CC(C)(C)OC(=O)N1CC(CCCCNc2cccc(SNC(=O)c3ccc(-n4cc(OCCC5(C(F)(F)F)CC5)cn4)nc3Cl)n2)CC1(C)C. The minimum absolute atomic E-state index is 0.0495. The van der Waals surface area contributed by atoms with E-state index in [0.29, 0.717) is 34.9 Å². The number of likely N-dealkylation sites (tertiary alicyclic amines) is 1. The molecule has 11 nitrogen and oxygen atoms in total. The van der Waals surface area contributed by atoms with Crippen LogP contribution in [0.15, 0.2) is 47.8 Å². The number of carbonyl (C=O) groups is 2. The molecular formula is C35H45ClF3N7O4S. The van der Waals surface area contributed by atoms with Gasteiger partial charge in [0.2, 0.25) is 0 Å². The summed E-state index contributed by atoms with van der Waals surface area (Å²) in [5.41, 5.74) is -2.24. The van der Waals surface area contributed by atoms with Crippen molar-refractivity contribution in [3.05, 3.63) is 53.4 Å². The minimum atomic E-state index is -4.23. The highest BCUT2D eigenvalue weighted by Crippen LogP contribution is 2.59. The molecule has 1 aliphatic carbocycles. The van der Waals surface area contributed by atoms with Crippen molar-refractivity contribution in [2.45, 2.75) is 102 Å². The Morgan fingerprint density at radius 1 is 1.10 bits per heavy atom. The van der Waals surface area contributed by atoms with Gasteiger partial charge in [-0.05, 0) is 103 Å². The molecule has 3 aromatic heterocycles. The Hall–Kier alpha value is -3.72. The van der Waals surface area contributed by atoms with E-state index in [0.717, 1.165) is 44.2 Å². The minimum Gasteiger partial charge on any atom is -0.490 e. The molecule has 1 aliphatic heterocycles. The second-order valence-corrected chi connectivity index (χ2v) is 16.0. The molecule has 2 amide bonds. The monoisotopic (exact) mass is 751 g/mol. The third kappa shape index (κ3) is 10.2. The topological polar surface area (TPSA) is 124 Å². The lowest BCUT2D eigenvalue weighted by atomic mass is 9.93. The largest absolute Gasteiger partial charge is 0.490 e. The Kier molecular flexibility index (Phi) is 11.7. The Balaban J connectivity index is 1.03. The van der Waals surface area contributed by atoms with Crippen LogP contribution >= 0.6 is 23.5 Å². The van der Waals surface area contributed by atoms with Gasteiger partial charge in [0.05, 0.1) is 30.0 Å². The van der Waals surface area contributed by atoms with Crippen molar-refractivity contribution >= 4 is 41.4 Å². The number of hydrogen-bond acceptors (Lipinski definition) is 9. The number of amides is 2.